The van der Waals surface area contributed by atoms with Crippen molar-refractivity contribution in [2.45, 2.75) is 83.6 Å². The maximum Gasteiger partial charge on any atom is 0.266 e. The van der Waals surface area contributed by atoms with Crippen molar-refractivity contribution >= 4 is 29.3 Å². The Morgan fingerprint density at radius 1 is 0.427 bits per heavy atom. The van der Waals surface area contributed by atoms with Crippen molar-refractivity contribution in [1.82, 2.24) is 4.90 Å². The summed E-state index contributed by atoms with van der Waals surface area (Å²) in [7, 11) is 0. The van der Waals surface area contributed by atoms with Crippen LogP contribution in [-0.2, 0) is 10.8 Å². The lowest BCUT2D eigenvalue weighted by Crippen LogP contribution is -2.48. The second-order valence-electron chi connectivity index (χ2n) is 20.2. The van der Waals surface area contributed by atoms with Crippen molar-refractivity contribution in [3.05, 3.63) is 243 Å². The second kappa shape index (κ2) is 18.9. The number of hydrogen-bond donors (Lipinski definition) is 0. The van der Waals surface area contributed by atoms with Crippen LogP contribution in [0.5, 0.6) is 23.0 Å². The largest absolute Gasteiger partial charge is 0.457 e. The van der Waals surface area contributed by atoms with Gasteiger partial charge in [0.15, 0.2) is 0 Å². The molecule has 3 aliphatic rings. The first-order chi connectivity index (χ1) is 36.3. The first-order valence-corrected chi connectivity index (χ1v) is 25.9. The second-order valence-corrected chi connectivity index (χ2v) is 20.2. The third-order valence-electron chi connectivity index (χ3n) is 16.4. The van der Waals surface area contributed by atoms with Crippen LogP contribution in [0, 0.1) is 11.8 Å². The molecule has 1 aliphatic carbocycles. The monoisotopic (exact) mass is 984 g/mol. The van der Waals surface area contributed by atoms with Crippen LogP contribution in [0.2, 0.25) is 0 Å². The lowest BCUT2D eigenvalue weighted by molar-refractivity contribution is 0.0434. The fraction of sp³-hybridized carbons (Fsp3) is 0.194. The van der Waals surface area contributed by atoms with E-state index in [1.165, 1.54) is 32.7 Å². The van der Waals surface area contributed by atoms with Crippen LogP contribution in [-0.4, -0.2) is 34.1 Å². The Morgan fingerprint density at radius 2 is 0.827 bits per heavy atom. The smallest absolute Gasteiger partial charge is 0.266 e. The van der Waals surface area contributed by atoms with Crippen LogP contribution >= 0.6 is 0 Å². The summed E-state index contributed by atoms with van der Waals surface area (Å²) in [6.07, 6.45) is 3.44. The van der Waals surface area contributed by atoms with Crippen molar-refractivity contribution in [3.8, 4) is 46.0 Å². The molecule has 2 heterocycles. The topological polar surface area (TPSA) is 93.2 Å². The predicted molar refractivity (Wildman–Crippen MR) is 294 cm³/mol. The van der Waals surface area contributed by atoms with Crippen LogP contribution in [0.25, 0.3) is 11.1 Å². The molecule has 0 N–H and O–H groups in total. The van der Waals surface area contributed by atoms with Gasteiger partial charge in [0.2, 0.25) is 0 Å². The zero-order chi connectivity index (χ0) is 52.2. The summed E-state index contributed by atoms with van der Waals surface area (Å²) >= 11 is 0. The molecule has 8 aromatic carbocycles. The highest BCUT2D eigenvalue weighted by Gasteiger charge is 2.47. The highest BCUT2D eigenvalue weighted by Crippen LogP contribution is 2.56. The summed E-state index contributed by atoms with van der Waals surface area (Å²) in [6, 6.07) is 59.3. The molecule has 75 heavy (non-hydrogen) atoms. The van der Waals surface area contributed by atoms with Crippen LogP contribution < -0.4 is 14.4 Å². The number of nitrogens with zero attached hydrogens (tertiary/aromatic N) is 2. The number of amides is 4. The van der Waals surface area contributed by atoms with Crippen LogP contribution in [0.15, 0.2) is 182 Å². The van der Waals surface area contributed by atoms with Crippen molar-refractivity contribution in [2.24, 2.45) is 0 Å². The first-order valence-electron chi connectivity index (χ1n) is 25.9. The molecule has 0 unspecified atom stereocenters. The number of hydrogen-bond acceptors (Lipinski definition) is 6. The SMILES string of the molecule is CCC(C)(CC)c1ccc(Oc2ccc(C3(c4ccc(Oc5ccc(N6C(=O)c7ccc(C#Cc8ccc9c(c8)C(=O)N(C(C)(CC)CC)C9=O)cc7C6=O)cc5)cc4)c4ccccc4-c4ccccc43)cc2)cc1. The van der Waals surface area contributed by atoms with Crippen molar-refractivity contribution < 1.29 is 28.7 Å². The minimum absolute atomic E-state index is 0.136. The van der Waals surface area contributed by atoms with Crippen LogP contribution in [0.4, 0.5) is 5.69 Å². The van der Waals surface area contributed by atoms with Crippen molar-refractivity contribution in [1.29, 1.82) is 0 Å². The highest BCUT2D eigenvalue weighted by atomic mass is 16.5. The average Bonchev–Trinajstić information content (AvgIpc) is 4.04. The van der Waals surface area contributed by atoms with Crippen LogP contribution in [0.3, 0.4) is 0 Å². The number of rotatable bonds is 13. The first kappa shape index (κ1) is 48.5. The Bertz CT molecular complexity index is 3600. The van der Waals surface area contributed by atoms with E-state index in [4.69, 9.17) is 9.47 Å². The molecule has 8 heteroatoms. The van der Waals surface area contributed by atoms with Gasteiger partial charge in [0.05, 0.1) is 33.4 Å². The van der Waals surface area contributed by atoms with E-state index in [0.717, 1.165) is 40.4 Å². The molecule has 0 saturated heterocycles. The van der Waals surface area contributed by atoms with E-state index in [-0.39, 0.29) is 28.4 Å². The molecular formula is C67H56N2O6. The van der Waals surface area contributed by atoms with Gasteiger partial charge in [-0.25, -0.2) is 4.90 Å². The summed E-state index contributed by atoms with van der Waals surface area (Å²) in [5, 5.41) is 0. The third-order valence-corrected chi connectivity index (χ3v) is 16.4. The fourth-order valence-corrected chi connectivity index (χ4v) is 11.2. The number of carbonyl (C=O) groups excluding carboxylic acids is 4. The van der Waals surface area contributed by atoms with Gasteiger partial charge in [0.1, 0.15) is 23.0 Å². The summed E-state index contributed by atoms with van der Waals surface area (Å²) in [6.45, 7) is 12.7. The van der Waals surface area contributed by atoms with E-state index in [1.54, 1.807) is 60.7 Å². The summed E-state index contributed by atoms with van der Waals surface area (Å²) in [5.41, 5.74) is 9.93. The Hall–Kier alpha value is -8.80. The minimum Gasteiger partial charge on any atom is -0.457 e. The Labute approximate surface area is 438 Å². The molecule has 0 radical (unpaired) electrons. The number of fused-ring (bicyclic) bond motifs is 5. The zero-order valence-electron chi connectivity index (χ0n) is 43.0. The van der Waals surface area contributed by atoms with Crippen molar-refractivity contribution in [3.63, 3.8) is 0 Å². The Balaban J connectivity index is 0.811. The van der Waals surface area contributed by atoms with Gasteiger partial charge >= 0.3 is 0 Å². The number of carbonyl (C=O) groups is 4. The maximum atomic E-state index is 13.9. The third kappa shape index (κ3) is 8.02. The fourth-order valence-electron chi connectivity index (χ4n) is 11.2. The number of imide groups is 2. The standard InChI is InChI=1S/C67H56N2O6/c1-7-65(5,8-2)45-23-31-49(32-24-45)74-50-33-25-46(26-34-50)67(59-17-13-11-15-53(59)54-16-12-14-18-60(54)67)47-27-35-51(36-28-47)75-52-37-29-48(30-38-52)68-61(70)55-39-21-43(41-57(55)62(68)71)19-20-44-22-40-56-58(42-44)64(73)69(63(56)72)66(6,9-3)10-4/h11-18,21-42H,7-10H2,1-6H3. The summed E-state index contributed by atoms with van der Waals surface area (Å²) < 4.78 is 12.8. The summed E-state index contributed by atoms with van der Waals surface area (Å²) in [5.74, 6) is 7.39. The number of benzene rings is 8. The lowest BCUT2D eigenvalue weighted by Gasteiger charge is -2.35. The van der Waals surface area contributed by atoms with Gasteiger partial charge in [0, 0.05) is 16.7 Å². The van der Waals surface area contributed by atoms with E-state index in [1.807, 2.05) is 32.9 Å². The van der Waals surface area contributed by atoms with Crippen LogP contribution in [0.1, 0.15) is 148 Å². The maximum absolute atomic E-state index is 13.9. The Morgan fingerprint density at radius 3 is 1.29 bits per heavy atom. The normalized spacial score (nSPS) is 14.3. The van der Waals surface area contributed by atoms with Crippen molar-refractivity contribution in [2.75, 3.05) is 4.90 Å². The van der Waals surface area contributed by atoms with Gasteiger partial charge < -0.3 is 9.47 Å². The Kier molecular flexibility index (Phi) is 12.2. The molecular weight excluding hydrogens is 929 g/mol. The molecule has 0 bridgehead atoms. The molecule has 0 atom stereocenters. The lowest BCUT2D eigenvalue weighted by atomic mass is 9.68. The molecule has 2 aliphatic heterocycles. The van der Waals surface area contributed by atoms with E-state index in [2.05, 4.69) is 142 Å². The molecule has 370 valence electrons. The molecule has 0 fully saturated rings. The van der Waals surface area contributed by atoms with Gasteiger partial charge in [-0.3, -0.25) is 24.1 Å². The molecule has 0 spiro atoms. The molecule has 11 rings (SSSR count). The number of anilines is 1. The van der Waals surface area contributed by atoms with E-state index in [0.29, 0.717) is 52.3 Å². The average molecular weight is 985 g/mol. The van der Waals surface area contributed by atoms with E-state index in [9.17, 15) is 19.2 Å². The van der Waals surface area contributed by atoms with Gasteiger partial charge in [-0.1, -0.05) is 131 Å². The summed E-state index contributed by atoms with van der Waals surface area (Å²) in [4.78, 5) is 56.9. The van der Waals surface area contributed by atoms with E-state index >= 15 is 0 Å². The molecule has 0 aromatic heterocycles. The molecule has 8 aromatic rings. The molecule has 0 saturated carbocycles. The molecule has 8 nitrogen and oxygen atoms in total. The van der Waals surface area contributed by atoms with Gasteiger partial charge in [-0.2, -0.15) is 0 Å². The highest BCUT2D eigenvalue weighted by molar-refractivity contribution is 6.34. The quantitative estimate of drug-likeness (QED) is 0.0844. The number of ether oxygens (including phenoxy) is 2. The van der Waals surface area contributed by atoms with Gasteiger partial charge in [0.25, 0.3) is 23.6 Å². The van der Waals surface area contributed by atoms with E-state index < -0.39 is 22.8 Å². The zero-order valence-corrected chi connectivity index (χ0v) is 43.0. The minimum atomic E-state index is -0.626. The molecule has 4 amide bonds. The predicted octanol–water partition coefficient (Wildman–Crippen LogP) is 15.1. The van der Waals surface area contributed by atoms with Gasteiger partial charge in [-0.15, -0.1) is 0 Å². The van der Waals surface area contributed by atoms with Gasteiger partial charge in [-0.05, 0) is 174 Å².